The molecule has 2 heterocycles. The highest BCUT2D eigenvalue weighted by Crippen LogP contribution is 2.27. The SMILES string of the molecule is Cc1ccsc1C(N)C(C)CN1CCNCC1. The molecule has 2 rings (SSSR count). The molecule has 0 bridgehead atoms. The van der Waals surface area contributed by atoms with Gasteiger partial charge in [-0.05, 0) is 29.9 Å². The van der Waals surface area contributed by atoms with E-state index in [1.165, 1.54) is 10.4 Å². The third-order valence-corrected chi connectivity index (χ3v) is 4.69. The number of aryl methyl sites for hydroxylation is 1. The van der Waals surface area contributed by atoms with Gasteiger partial charge in [-0.15, -0.1) is 11.3 Å². The number of nitrogens with two attached hydrogens (primary N) is 1. The summed E-state index contributed by atoms with van der Waals surface area (Å²) in [6, 6.07) is 2.35. The van der Waals surface area contributed by atoms with Crippen molar-refractivity contribution in [2.45, 2.75) is 19.9 Å². The van der Waals surface area contributed by atoms with Crippen LogP contribution in [0.1, 0.15) is 23.4 Å². The Morgan fingerprint density at radius 3 is 2.76 bits per heavy atom. The molecule has 1 aliphatic rings. The molecule has 0 aliphatic carbocycles. The monoisotopic (exact) mass is 253 g/mol. The van der Waals surface area contributed by atoms with Crippen molar-refractivity contribution in [2.75, 3.05) is 32.7 Å². The molecule has 3 nitrogen and oxygen atoms in total. The number of nitrogens with one attached hydrogen (secondary N) is 1. The lowest BCUT2D eigenvalue weighted by molar-refractivity contribution is 0.200. The van der Waals surface area contributed by atoms with Gasteiger partial charge in [-0.1, -0.05) is 6.92 Å². The fourth-order valence-electron chi connectivity index (χ4n) is 2.40. The van der Waals surface area contributed by atoms with Gasteiger partial charge in [0, 0.05) is 43.6 Å². The first-order valence-corrected chi connectivity index (χ1v) is 7.29. The van der Waals surface area contributed by atoms with Crippen LogP contribution >= 0.6 is 11.3 Å². The van der Waals surface area contributed by atoms with Crippen LogP contribution < -0.4 is 11.1 Å². The van der Waals surface area contributed by atoms with Crippen LogP contribution in [-0.2, 0) is 0 Å². The average molecular weight is 253 g/mol. The third-order valence-electron chi connectivity index (χ3n) is 3.57. The molecular formula is C13H23N3S. The van der Waals surface area contributed by atoms with E-state index in [-0.39, 0.29) is 6.04 Å². The molecule has 2 unspecified atom stereocenters. The highest BCUT2D eigenvalue weighted by molar-refractivity contribution is 7.10. The average Bonchev–Trinajstić information content (AvgIpc) is 2.76. The summed E-state index contributed by atoms with van der Waals surface area (Å²) in [5, 5.41) is 5.52. The maximum absolute atomic E-state index is 6.37. The van der Waals surface area contributed by atoms with E-state index in [0.29, 0.717) is 5.92 Å². The van der Waals surface area contributed by atoms with E-state index in [9.17, 15) is 0 Å². The predicted molar refractivity (Wildman–Crippen MR) is 74.5 cm³/mol. The third kappa shape index (κ3) is 3.28. The molecule has 3 N–H and O–H groups in total. The molecule has 0 aromatic carbocycles. The molecule has 17 heavy (non-hydrogen) atoms. The highest BCUT2D eigenvalue weighted by atomic mass is 32.1. The zero-order chi connectivity index (χ0) is 12.3. The lowest BCUT2D eigenvalue weighted by Gasteiger charge is -2.31. The van der Waals surface area contributed by atoms with Crippen LogP contribution in [0.5, 0.6) is 0 Å². The molecule has 96 valence electrons. The Morgan fingerprint density at radius 2 is 2.18 bits per heavy atom. The van der Waals surface area contributed by atoms with Gasteiger partial charge in [0.25, 0.3) is 0 Å². The molecule has 0 radical (unpaired) electrons. The van der Waals surface area contributed by atoms with Crippen LogP contribution in [0.2, 0.25) is 0 Å². The van der Waals surface area contributed by atoms with Gasteiger partial charge >= 0.3 is 0 Å². The Bertz CT molecular complexity index is 344. The summed E-state index contributed by atoms with van der Waals surface area (Å²) in [6.45, 7) is 10.1. The zero-order valence-corrected chi connectivity index (χ0v) is 11.6. The summed E-state index contributed by atoms with van der Waals surface area (Å²) in [4.78, 5) is 3.87. The van der Waals surface area contributed by atoms with E-state index in [0.717, 1.165) is 32.7 Å². The normalized spacial score (nSPS) is 21.4. The topological polar surface area (TPSA) is 41.3 Å². The van der Waals surface area contributed by atoms with Crippen molar-refractivity contribution < 1.29 is 0 Å². The van der Waals surface area contributed by atoms with Gasteiger partial charge in [-0.2, -0.15) is 0 Å². The molecule has 1 aromatic rings. The molecular weight excluding hydrogens is 230 g/mol. The fraction of sp³-hybridized carbons (Fsp3) is 0.692. The second kappa shape index (κ2) is 5.96. The summed E-state index contributed by atoms with van der Waals surface area (Å²) in [5.74, 6) is 0.519. The molecule has 1 saturated heterocycles. The van der Waals surface area contributed by atoms with Crippen molar-refractivity contribution in [1.82, 2.24) is 10.2 Å². The zero-order valence-electron chi connectivity index (χ0n) is 10.8. The van der Waals surface area contributed by atoms with E-state index in [1.54, 1.807) is 11.3 Å². The van der Waals surface area contributed by atoms with Gasteiger partial charge in [0.1, 0.15) is 0 Å². The van der Waals surface area contributed by atoms with E-state index < -0.39 is 0 Å². The second-order valence-corrected chi connectivity index (χ2v) is 5.97. The van der Waals surface area contributed by atoms with Crippen LogP contribution in [0.15, 0.2) is 11.4 Å². The largest absolute Gasteiger partial charge is 0.323 e. The van der Waals surface area contributed by atoms with Crippen molar-refractivity contribution in [2.24, 2.45) is 11.7 Å². The smallest absolute Gasteiger partial charge is 0.0430 e. The van der Waals surface area contributed by atoms with Crippen LogP contribution in [0.25, 0.3) is 0 Å². The minimum Gasteiger partial charge on any atom is -0.323 e. The first kappa shape index (κ1) is 13.0. The number of hydrogen-bond donors (Lipinski definition) is 2. The molecule has 1 aliphatic heterocycles. The Balaban J connectivity index is 1.90. The van der Waals surface area contributed by atoms with Crippen LogP contribution in [0.4, 0.5) is 0 Å². The lowest BCUT2D eigenvalue weighted by atomic mass is 9.98. The summed E-state index contributed by atoms with van der Waals surface area (Å²) in [5.41, 5.74) is 7.71. The van der Waals surface area contributed by atoms with Gasteiger partial charge < -0.3 is 16.0 Å². The van der Waals surface area contributed by atoms with Crippen molar-refractivity contribution in [3.63, 3.8) is 0 Å². The Hall–Kier alpha value is -0.420. The number of hydrogen-bond acceptors (Lipinski definition) is 4. The Kier molecular flexibility index (Phi) is 4.56. The van der Waals surface area contributed by atoms with Crippen molar-refractivity contribution in [1.29, 1.82) is 0 Å². The summed E-state index contributed by atoms with van der Waals surface area (Å²) >= 11 is 1.79. The van der Waals surface area contributed by atoms with Crippen LogP contribution in [0.3, 0.4) is 0 Å². The molecule has 2 atom stereocenters. The summed E-state index contributed by atoms with van der Waals surface area (Å²) < 4.78 is 0. The van der Waals surface area contributed by atoms with Gasteiger partial charge in [-0.3, -0.25) is 0 Å². The second-order valence-electron chi connectivity index (χ2n) is 5.02. The maximum atomic E-state index is 6.37. The van der Waals surface area contributed by atoms with E-state index in [4.69, 9.17) is 5.73 Å². The predicted octanol–water partition coefficient (Wildman–Crippen LogP) is 1.60. The molecule has 0 amide bonds. The Morgan fingerprint density at radius 1 is 1.47 bits per heavy atom. The molecule has 1 fully saturated rings. The first-order chi connectivity index (χ1) is 8.18. The molecule has 4 heteroatoms. The Labute approximate surface area is 108 Å². The van der Waals surface area contributed by atoms with Gasteiger partial charge in [0.05, 0.1) is 0 Å². The van der Waals surface area contributed by atoms with E-state index in [1.807, 2.05) is 0 Å². The lowest BCUT2D eigenvalue weighted by Crippen LogP contribution is -2.46. The number of rotatable bonds is 4. The van der Waals surface area contributed by atoms with Crippen molar-refractivity contribution in [3.05, 3.63) is 21.9 Å². The van der Waals surface area contributed by atoms with Gasteiger partial charge in [0.2, 0.25) is 0 Å². The maximum Gasteiger partial charge on any atom is 0.0430 e. The first-order valence-electron chi connectivity index (χ1n) is 6.41. The standard InChI is InChI=1S/C13H23N3S/c1-10-3-8-17-13(10)12(14)11(2)9-16-6-4-15-5-7-16/h3,8,11-12,15H,4-7,9,14H2,1-2H3. The van der Waals surface area contributed by atoms with Crippen molar-refractivity contribution in [3.8, 4) is 0 Å². The molecule has 0 saturated carbocycles. The molecule has 1 aromatic heterocycles. The van der Waals surface area contributed by atoms with E-state index >= 15 is 0 Å². The van der Waals surface area contributed by atoms with Gasteiger partial charge in [-0.25, -0.2) is 0 Å². The minimum absolute atomic E-state index is 0.185. The molecule has 0 spiro atoms. The fourth-order valence-corrected chi connectivity index (χ4v) is 3.46. The van der Waals surface area contributed by atoms with Crippen LogP contribution in [0, 0.1) is 12.8 Å². The summed E-state index contributed by atoms with van der Waals surface area (Å²) in [7, 11) is 0. The van der Waals surface area contributed by atoms with Gasteiger partial charge in [0.15, 0.2) is 0 Å². The van der Waals surface area contributed by atoms with E-state index in [2.05, 4.69) is 35.5 Å². The number of nitrogens with zero attached hydrogens (tertiary/aromatic N) is 1. The highest BCUT2D eigenvalue weighted by Gasteiger charge is 2.21. The van der Waals surface area contributed by atoms with Crippen molar-refractivity contribution >= 4 is 11.3 Å². The number of thiophene rings is 1. The quantitative estimate of drug-likeness (QED) is 0.856. The minimum atomic E-state index is 0.185. The van der Waals surface area contributed by atoms with Crippen LogP contribution in [-0.4, -0.2) is 37.6 Å². The summed E-state index contributed by atoms with van der Waals surface area (Å²) in [6.07, 6.45) is 0. The number of piperazine rings is 1.